The van der Waals surface area contributed by atoms with E-state index >= 15 is 0 Å². The van der Waals surface area contributed by atoms with Gasteiger partial charge in [-0.05, 0) is 69.9 Å². The quantitative estimate of drug-likeness (QED) is 0.134. The number of unbranched alkanes of at least 4 members (excludes halogenated alkanes) is 4. The average molecular weight is 455 g/mol. The molecule has 1 aromatic carbocycles. The molecule has 0 fully saturated rings. The molecular weight excluding hydrogens is 416 g/mol. The van der Waals surface area contributed by atoms with Crippen molar-refractivity contribution in [2.45, 2.75) is 59.8 Å². The first-order valence-electron chi connectivity index (χ1n) is 11.7. The van der Waals surface area contributed by atoms with Gasteiger partial charge in [0, 0.05) is 17.8 Å². The number of aromatic nitrogens is 1. The summed E-state index contributed by atoms with van der Waals surface area (Å²) < 4.78 is 17.5. The zero-order chi connectivity index (χ0) is 23.9. The van der Waals surface area contributed by atoms with Crippen molar-refractivity contribution in [1.82, 2.24) is 4.98 Å². The lowest BCUT2D eigenvalue weighted by molar-refractivity contribution is 0.213. The minimum absolute atomic E-state index is 0.591. The van der Waals surface area contributed by atoms with E-state index in [1.165, 1.54) is 13.5 Å². The molecule has 6 heteroatoms. The molecular formula is C27H38N2O4. The van der Waals surface area contributed by atoms with E-state index < -0.39 is 0 Å². The summed E-state index contributed by atoms with van der Waals surface area (Å²) in [5.41, 5.74) is 3.94. The smallest absolute Gasteiger partial charge is 0.213 e. The van der Waals surface area contributed by atoms with E-state index in [0.717, 1.165) is 66.2 Å². The number of benzene rings is 1. The molecule has 0 N–H and O–H groups in total. The maximum Gasteiger partial charge on any atom is 0.213 e. The first-order chi connectivity index (χ1) is 16.0. The molecule has 0 saturated carbocycles. The second-order valence-corrected chi connectivity index (χ2v) is 7.98. The normalized spacial score (nSPS) is 11.6. The van der Waals surface area contributed by atoms with Crippen LogP contribution >= 0.6 is 0 Å². The molecule has 33 heavy (non-hydrogen) atoms. The molecule has 2 aromatic rings. The SMILES string of the molecule is C/C=C/COc1cc(C)c(OCCCCCCCOc2ccc(/C(C)=N/OC)cn2)c(C)c1. The maximum absolute atomic E-state index is 6.06. The molecule has 0 atom stereocenters. The lowest BCUT2D eigenvalue weighted by atomic mass is 10.1. The minimum atomic E-state index is 0.591. The monoisotopic (exact) mass is 454 g/mol. The van der Waals surface area contributed by atoms with Gasteiger partial charge in [0.2, 0.25) is 5.88 Å². The van der Waals surface area contributed by atoms with Gasteiger partial charge in [-0.15, -0.1) is 0 Å². The van der Waals surface area contributed by atoms with Gasteiger partial charge in [-0.3, -0.25) is 0 Å². The van der Waals surface area contributed by atoms with Crippen molar-refractivity contribution in [3.05, 3.63) is 59.3 Å². The Balaban J connectivity index is 1.58. The Bertz CT molecular complexity index is 868. The highest BCUT2D eigenvalue weighted by molar-refractivity contribution is 5.98. The standard InChI is InChI=1S/C27H38N2O4/c1-6-7-15-31-25-18-21(2)27(22(3)19-25)33-17-12-10-8-9-11-16-32-26-14-13-24(20-28-26)23(4)29-30-5/h6-7,13-14,18-20H,8-12,15-17H2,1-5H3/b7-6+,29-23+. The molecule has 180 valence electrons. The van der Waals surface area contributed by atoms with Gasteiger partial charge in [-0.1, -0.05) is 36.6 Å². The number of hydrogen-bond acceptors (Lipinski definition) is 6. The molecule has 0 spiro atoms. The van der Waals surface area contributed by atoms with Crippen molar-refractivity contribution in [1.29, 1.82) is 0 Å². The van der Waals surface area contributed by atoms with Gasteiger partial charge in [-0.2, -0.15) is 0 Å². The summed E-state index contributed by atoms with van der Waals surface area (Å²) in [6.45, 7) is 10.0. The Kier molecular flexibility index (Phi) is 11.9. The summed E-state index contributed by atoms with van der Waals surface area (Å²) in [7, 11) is 1.53. The number of pyridine rings is 1. The van der Waals surface area contributed by atoms with E-state index in [1.807, 2.05) is 50.3 Å². The van der Waals surface area contributed by atoms with Gasteiger partial charge >= 0.3 is 0 Å². The van der Waals surface area contributed by atoms with E-state index in [1.54, 1.807) is 6.20 Å². The third-order valence-electron chi connectivity index (χ3n) is 5.18. The fourth-order valence-electron chi connectivity index (χ4n) is 3.42. The first kappa shape index (κ1) is 26.2. The molecule has 0 bridgehead atoms. The van der Waals surface area contributed by atoms with Gasteiger partial charge in [-0.25, -0.2) is 4.98 Å². The Morgan fingerprint density at radius 3 is 2.21 bits per heavy atom. The van der Waals surface area contributed by atoms with Gasteiger partial charge < -0.3 is 19.0 Å². The van der Waals surface area contributed by atoms with Crippen LogP contribution in [0.3, 0.4) is 0 Å². The van der Waals surface area contributed by atoms with Crippen molar-refractivity contribution in [3.63, 3.8) is 0 Å². The Labute approximate surface area is 198 Å². The van der Waals surface area contributed by atoms with Crippen LogP contribution in [0.4, 0.5) is 0 Å². The van der Waals surface area contributed by atoms with Gasteiger partial charge in [0.15, 0.2) is 0 Å². The Morgan fingerprint density at radius 1 is 0.939 bits per heavy atom. The van der Waals surface area contributed by atoms with Crippen molar-refractivity contribution in [3.8, 4) is 17.4 Å². The van der Waals surface area contributed by atoms with Gasteiger partial charge in [0.1, 0.15) is 25.2 Å². The average Bonchev–Trinajstić information content (AvgIpc) is 2.80. The number of oxime groups is 1. The summed E-state index contributed by atoms with van der Waals surface area (Å²) >= 11 is 0. The Morgan fingerprint density at radius 2 is 1.61 bits per heavy atom. The largest absolute Gasteiger partial charge is 0.493 e. The molecule has 1 heterocycles. The van der Waals surface area contributed by atoms with E-state index in [-0.39, 0.29) is 0 Å². The van der Waals surface area contributed by atoms with Crippen LogP contribution in [0, 0.1) is 13.8 Å². The molecule has 0 aliphatic carbocycles. The van der Waals surface area contributed by atoms with Crippen LogP contribution in [-0.2, 0) is 4.84 Å². The zero-order valence-corrected chi connectivity index (χ0v) is 20.7. The number of hydrogen-bond donors (Lipinski definition) is 0. The van der Waals surface area contributed by atoms with Gasteiger partial charge in [0.25, 0.3) is 0 Å². The fraction of sp³-hybridized carbons (Fsp3) is 0.481. The Hall–Kier alpha value is -3.02. The highest BCUT2D eigenvalue weighted by atomic mass is 16.6. The van der Waals surface area contributed by atoms with Crippen LogP contribution in [-0.4, -0.2) is 37.6 Å². The van der Waals surface area contributed by atoms with Crippen LogP contribution in [0.2, 0.25) is 0 Å². The highest BCUT2D eigenvalue weighted by Gasteiger charge is 2.07. The zero-order valence-electron chi connectivity index (χ0n) is 20.7. The van der Waals surface area contributed by atoms with E-state index in [0.29, 0.717) is 19.1 Å². The predicted molar refractivity (Wildman–Crippen MR) is 134 cm³/mol. The summed E-state index contributed by atoms with van der Waals surface area (Å²) in [6.07, 6.45) is 11.2. The fourth-order valence-corrected chi connectivity index (χ4v) is 3.42. The number of allylic oxidation sites excluding steroid dienone is 1. The van der Waals surface area contributed by atoms with Crippen LogP contribution < -0.4 is 14.2 Å². The van der Waals surface area contributed by atoms with Crippen LogP contribution in [0.25, 0.3) is 0 Å². The number of ether oxygens (including phenoxy) is 3. The van der Waals surface area contributed by atoms with Crippen molar-refractivity contribution in [2.24, 2.45) is 5.16 Å². The van der Waals surface area contributed by atoms with Crippen molar-refractivity contribution >= 4 is 5.71 Å². The molecule has 2 rings (SSSR count). The molecule has 6 nitrogen and oxygen atoms in total. The molecule has 0 radical (unpaired) electrons. The lowest BCUT2D eigenvalue weighted by Gasteiger charge is -2.14. The summed E-state index contributed by atoms with van der Waals surface area (Å²) in [5.74, 6) is 2.50. The second-order valence-electron chi connectivity index (χ2n) is 7.98. The van der Waals surface area contributed by atoms with E-state index in [9.17, 15) is 0 Å². The predicted octanol–water partition coefficient (Wildman–Crippen LogP) is 6.43. The lowest BCUT2D eigenvalue weighted by Crippen LogP contribution is -2.03. The van der Waals surface area contributed by atoms with Crippen LogP contribution in [0.5, 0.6) is 17.4 Å². The first-order valence-corrected chi connectivity index (χ1v) is 11.7. The highest BCUT2D eigenvalue weighted by Crippen LogP contribution is 2.28. The summed E-state index contributed by atoms with van der Waals surface area (Å²) in [6, 6.07) is 7.89. The summed E-state index contributed by atoms with van der Waals surface area (Å²) in [5, 5.41) is 3.90. The molecule has 0 aliphatic rings. The number of nitrogens with zero attached hydrogens (tertiary/aromatic N) is 2. The molecule has 0 amide bonds. The van der Waals surface area contributed by atoms with E-state index in [2.05, 4.69) is 24.0 Å². The molecule has 1 aromatic heterocycles. The molecule has 0 saturated heterocycles. The van der Waals surface area contributed by atoms with Crippen LogP contribution in [0.15, 0.2) is 47.8 Å². The number of rotatable bonds is 15. The topological polar surface area (TPSA) is 62.2 Å². The minimum Gasteiger partial charge on any atom is -0.493 e. The third-order valence-corrected chi connectivity index (χ3v) is 5.18. The second kappa shape index (κ2) is 14.9. The number of aryl methyl sites for hydroxylation is 2. The third kappa shape index (κ3) is 9.56. The van der Waals surface area contributed by atoms with Crippen molar-refractivity contribution < 1.29 is 19.0 Å². The van der Waals surface area contributed by atoms with Gasteiger partial charge in [0.05, 0.1) is 18.9 Å². The summed E-state index contributed by atoms with van der Waals surface area (Å²) in [4.78, 5) is 9.10. The maximum atomic E-state index is 6.06. The van der Waals surface area contributed by atoms with Crippen LogP contribution in [0.1, 0.15) is 62.6 Å². The molecule has 0 aliphatic heterocycles. The molecule has 0 unspecified atom stereocenters. The van der Waals surface area contributed by atoms with E-state index in [4.69, 9.17) is 19.0 Å². The van der Waals surface area contributed by atoms with Crippen molar-refractivity contribution in [2.75, 3.05) is 26.9 Å².